The van der Waals surface area contributed by atoms with Gasteiger partial charge in [0.25, 0.3) is 0 Å². The number of aromatic nitrogens is 1. The highest BCUT2D eigenvalue weighted by Gasteiger charge is 2.16. The minimum atomic E-state index is -0.448. The molecule has 0 amide bonds. The van der Waals surface area contributed by atoms with E-state index in [-0.39, 0.29) is 6.04 Å². The maximum absolute atomic E-state index is 11.2. The van der Waals surface area contributed by atoms with Crippen molar-refractivity contribution in [2.75, 3.05) is 7.05 Å². The number of benzene rings is 2. The summed E-state index contributed by atoms with van der Waals surface area (Å²) in [5, 5.41) is 3.96. The first-order valence-electron chi connectivity index (χ1n) is 6.64. The van der Waals surface area contributed by atoms with Gasteiger partial charge in [-0.2, -0.15) is 0 Å². The molecule has 0 fully saturated rings. The second-order valence-corrected chi connectivity index (χ2v) is 5.42. The number of hydrogen-bond acceptors (Lipinski definition) is 3. The Morgan fingerprint density at radius 2 is 2.05 bits per heavy atom. The van der Waals surface area contributed by atoms with Gasteiger partial charge in [0, 0.05) is 5.02 Å². The van der Waals surface area contributed by atoms with Crippen molar-refractivity contribution in [3.63, 3.8) is 0 Å². The lowest BCUT2D eigenvalue weighted by Crippen LogP contribution is -2.18. The van der Waals surface area contributed by atoms with Crippen molar-refractivity contribution >= 4 is 22.7 Å². The van der Waals surface area contributed by atoms with E-state index in [2.05, 4.69) is 10.3 Å². The Hall–Kier alpha value is -2.04. The Balaban J connectivity index is 2.10. The van der Waals surface area contributed by atoms with Crippen molar-refractivity contribution in [2.45, 2.75) is 13.0 Å². The molecule has 0 saturated carbocycles. The molecule has 2 N–H and O–H groups in total. The molecular formula is C16H15ClN2O2. The van der Waals surface area contributed by atoms with Crippen molar-refractivity contribution in [3.8, 4) is 0 Å². The van der Waals surface area contributed by atoms with E-state index >= 15 is 0 Å². The maximum atomic E-state index is 11.2. The van der Waals surface area contributed by atoms with Crippen LogP contribution in [-0.2, 0) is 0 Å². The molecule has 3 rings (SSSR count). The second kappa shape index (κ2) is 5.39. The number of nitrogens with one attached hydrogen (secondary N) is 2. The molecule has 5 heteroatoms. The Morgan fingerprint density at radius 1 is 1.24 bits per heavy atom. The minimum absolute atomic E-state index is 0.0669. The molecular weight excluding hydrogens is 288 g/mol. The predicted octanol–water partition coefficient (Wildman–Crippen LogP) is 3.39. The molecule has 0 aliphatic carbocycles. The molecule has 108 valence electrons. The van der Waals surface area contributed by atoms with Crippen molar-refractivity contribution in [3.05, 3.63) is 68.7 Å². The summed E-state index contributed by atoms with van der Waals surface area (Å²) in [5.41, 5.74) is 4.32. The molecule has 0 saturated heterocycles. The van der Waals surface area contributed by atoms with Gasteiger partial charge in [-0.15, -0.1) is 0 Å². The number of aryl methyl sites for hydroxylation is 1. The summed E-state index contributed by atoms with van der Waals surface area (Å²) in [7, 11) is 1.87. The fraction of sp³-hybridized carbons (Fsp3) is 0.188. The van der Waals surface area contributed by atoms with Crippen LogP contribution in [0, 0.1) is 6.92 Å². The van der Waals surface area contributed by atoms with E-state index in [4.69, 9.17) is 16.0 Å². The van der Waals surface area contributed by atoms with Gasteiger partial charge in [-0.1, -0.05) is 29.8 Å². The van der Waals surface area contributed by atoms with E-state index in [1.165, 1.54) is 0 Å². The molecule has 1 unspecified atom stereocenters. The lowest BCUT2D eigenvalue weighted by atomic mass is 9.97. The molecule has 1 aromatic heterocycles. The van der Waals surface area contributed by atoms with Crippen LogP contribution in [-0.4, -0.2) is 12.0 Å². The Bertz CT molecular complexity index is 851. The molecule has 4 nitrogen and oxygen atoms in total. The number of rotatable bonds is 3. The summed E-state index contributed by atoms with van der Waals surface area (Å²) >= 11 is 6.36. The topological polar surface area (TPSA) is 58.0 Å². The first-order chi connectivity index (χ1) is 10.1. The third-order valence-electron chi connectivity index (χ3n) is 3.53. The lowest BCUT2D eigenvalue weighted by molar-refractivity contribution is 0.554. The van der Waals surface area contributed by atoms with E-state index in [1.807, 2.05) is 50.4 Å². The fourth-order valence-electron chi connectivity index (χ4n) is 2.51. The van der Waals surface area contributed by atoms with E-state index in [9.17, 15) is 4.79 Å². The largest absolute Gasteiger partial charge is 0.417 e. The second-order valence-electron chi connectivity index (χ2n) is 5.02. The first kappa shape index (κ1) is 13.9. The van der Waals surface area contributed by atoms with Crippen molar-refractivity contribution in [1.82, 2.24) is 10.3 Å². The van der Waals surface area contributed by atoms with Crippen LogP contribution in [0.2, 0.25) is 5.02 Å². The van der Waals surface area contributed by atoms with Gasteiger partial charge in [-0.3, -0.25) is 4.98 Å². The zero-order valence-electron chi connectivity index (χ0n) is 11.7. The quantitative estimate of drug-likeness (QED) is 0.779. The number of H-pyrrole nitrogens is 1. The average Bonchev–Trinajstić information content (AvgIpc) is 2.81. The standard InChI is InChI=1S/C16H15ClN2O2/c1-9-3-5-11(12(17)7-9)15(18-2)10-4-6-13-14(8-10)21-16(20)19-13/h3-8,15,18H,1-2H3,(H,19,20). The zero-order chi connectivity index (χ0) is 15.0. The molecule has 1 atom stereocenters. The smallest absolute Gasteiger partial charge is 0.408 e. The van der Waals surface area contributed by atoms with Crippen LogP contribution in [0.25, 0.3) is 11.1 Å². The summed E-state index contributed by atoms with van der Waals surface area (Å²) in [6.07, 6.45) is 0. The predicted molar refractivity (Wildman–Crippen MR) is 83.9 cm³/mol. The van der Waals surface area contributed by atoms with Crippen LogP contribution < -0.4 is 11.1 Å². The summed E-state index contributed by atoms with van der Waals surface area (Å²) in [5.74, 6) is -0.448. The number of oxazole rings is 1. The van der Waals surface area contributed by atoms with Crippen LogP contribution in [0.3, 0.4) is 0 Å². The van der Waals surface area contributed by atoms with Gasteiger partial charge in [0.2, 0.25) is 0 Å². The molecule has 0 aliphatic heterocycles. The van der Waals surface area contributed by atoms with Crippen molar-refractivity contribution in [2.24, 2.45) is 0 Å². The number of hydrogen-bond donors (Lipinski definition) is 2. The lowest BCUT2D eigenvalue weighted by Gasteiger charge is -2.18. The van der Waals surface area contributed by atoms with Gasteiger partial charge >= 0.3 is 5.76 Å². The normalized spacial score (nSPS) is 12.7. The van der Waals surface area contributed by atoms with E-state index in [0.29, 0.717) is 16.1 Å². The number of fused-ring (bicyclic) bond motifs is 1. The molecule has 0 radical (unpaired) electrons. The summed E-state index contributed by atoms with van der Waals surface area (Å²) in [6, 6.07) is 11.5. The van der Waals surface area contributed by atoms with Gasteiger partial charge in [-0.05, 0) is 48.9 Å². The van der Waals surface area contributed by atoms with E-state index < -0.39 is 5.76 Å². The third-order valence-corrected chi connectivity index (χ3v) is 3.86. The minimum Gasteiger partial charge on any atom is -0.408 e. The number of halogens is 1. The maximum Gasteiger partial charge on any atom is 0.417 e. The Kier molecular flexibility index (Phi) is 3.57. The molecule has 21 heavy (non-hydrogen) atoms. The monoisotopic (exact) mass is 302 g/mol. The van der Waals surface area contributed by atoms with E-state index in [1.54, 1.807) is 0 Å². The molecule has 0 spiro atoms. The van der Waals surface area contributed by atoms with Crippen LogP contribution in [0.4, 0.5) is 0 Å². The Morgan fingerprint density at radius 3 is 2.76 bits per heavy atom. The van der Waals surface area contributed by atoms with E-state index in [0.717, 1.165) is 16.7 Å². The van der Waals surface area contributed by atoms with Gasteiger partial charge in [-0.25, -0.2) is 4.79 Å². The van der Waals surface area contributed by atoms with Gasteiger partial charge in [0.05, 0.1) is 11.6 Å². The van der Waals surface area contributed by atoms with Crippen LogP contribution in [0.15, 0.2) is 45.6 Å². The molecule has 3 aromatic rings. The van der Waals surface area contributed by atoms with Gasteiger partial charge in [0.1, 0.15) is 0 Å². The number of aromatic amines is 1. The highest BCUT2D eigenvalue weighted by molar-refractivity contribution is 6.31. The van der Waals surface area contributed by atoms with Crippen molar-refractivity contribution < 1.29 is 4.42 Å². The molecule has 0 aliphatic rings. The SMILES string of the molecule is CNC(c1ccc2[nH]c(=O)oc2c1)c1ccc(C)cc1Cl. The molecule has 1 heterocycles. The summed E-state index contributed by atoms with van der Waals surface area (Å²) in [4.78, 5) is 13.9. The van der Waals surface area contributed by atoms with Crippen LogP contribution in [0.5, 0.6) is 0 Å². The Labute approximate surface area is 126 Å². The fourth-order valence-corrected chi connectivity index (χ4v) is 2.85. The average molecular weight is 303 g/mol. The molecule has 2 aromatic carbocycles. The first-order valence-corrected chi connectivity index (χ1v) is 7.02. The zero-order valence-corrected chi connectivity index (χ0v) is 12.5. The highest BCUT2D eigenvalue weighted by Crippen LogP contribution is 2.30. The van der Waals surface area contributed by atoms with Crippen molar-refractivity contribution in [1.29, 1.82) is 0 Å². The van der Waals surface area contributed by atoms with Gasteiger partial charge in [0.15, 0.2) is 5.58 Å². The summed E-state index contributed by atoms with van der Waals surface area (Å²) in [6.45, 7) is 2.00. The molecule has 0 bridgehead atoms. The van der Waals surface area contributed by atoms with Crippen LogP contribution in [0.1, 0.15) is 22.7 Å². The van der Waals surface area contributed by atoms with Crippen LogP contribution >= 0.6 is 11.6 Å². The van der Waals surface area contributed by atoms with Gasteiger partial charge < -0.3 is 9.73 Å². The summed E-state index contributed by atoms with van der Waals surface area (Å²) < 4.78 is 5.12. The third kappa shape index (κ3) is 2.60. The highest BCUT2D eigenvalue weighted by atomic mass is 35.5.